The largest absolute Gasteiger partial charge is 0.371 e. The Bertz CT molecular complexity index is 436. The van der Waals surface area contributed by atoms with Crippen molar-refractivity contribution in [3.8, 4) is 0 Å². The van der Waals surface area contributed by atoms with Gasteiger partial charge in [0.15, 0.2) is 0 Å². The van der Waals surface area contributed by atoms with E-state index < -0.39 is 0 Å². The molecule has 0 atom stereocenters. The first-order chi connectivity index (χ1) is 7.74. The van der Waals surface area contributed by atoms with Crippen molar-refractivity contribution in [3.63, 3.8) is 0 Å². The van der Waals surface area contributed by atoms with Crippen molar-refractivity contribution in [2.75, 3.05) is 0 Å². The predicted molar refractivity (Wildman–Crippen MR) is 66.9 cm³/mol. The van der Waals surface area contributed by atoms with Crippen LogP contribution in [0.5, 0.6) is 0 Å². The van der Waals surface area contributed by atoms with E-state index in [-0.39, 0.29) is 5.82 Å². The van der Waals surface area contributed by atoms with Crippen molar-refractivity contribution >= 4 is 27.3 Å². The molecule has 0 radical (unpaired) electrons. The molecule has 0 bridgehead atoms. The van der Waals surface area contributed by atoms with Crippen LogP contribution in [0.4, 0.5) is 4.39 Å². The van der Waals surface area contributed by atoms with E-state index in [1.54, 1.807) is 11.3 Å². The molecule has 0 saturated heterocycles. The third kappa shape index (κ3) is 3.40. The summed E-state index contributed by atoms with van der Waals surface area (Å²) in [6.07, 6.45) is 0. The lowest BCUT2D eigenvalue weighted by Gasteiger charge is -2.04. The molecule has 0 unspecified atom stereocenters. The fraction of sp³-hybridized carbons (Fsp3) is 0.167. The van der Waals surface area contributed by atoms with Crippen LogP contribution >= 0.6 is 27.3 Å². The average Bonchev–Trinajstić information content (AvgIpc) is 2.69. The van der Waals surface area contributed by atoms with Crippen molar-refractivity contribution < 1.29 is 9.13 Å². The molecule has 0 aliphatic heterocycles. The van der Waals surface area contributed by atoms with Crippen LogP contribution in [0.1, 0.15) is 10.4 Å². The summed E-state index contributed by atoms with van der Waals surface area (Å²) >= 11 is 4.91. The lowest BCUT2D eigenvalue weighted by molar-refractivity contribution is 0.109. The minimum Gasteiger partial charge on any atom is -0.371 e. The van der Waals surface area contributed by atoms with Crippen LogP contribution in [0, 0.1) is 5.82 Å². The first-order valence-corrected chi connectivity index (χ1v) is 6.46. The lowest BCUT2D eigenvalue weighted by Crippen LogP contribution is -1.93. The van der Waals surface area contributed by atoms with Crippen LogP contribution in [0.2, 0.25) is 0 Å². The van der Waals surface area contributed by atoms with Gasteiger partial charge < -0.3 is 4.74 Å². The molecule has 1 nitrogen and oxygen atoms in total. The number of rotatable bonds is 4. The predicted octanol–water partition coefficient (Wildman–Crippen LogP) is 4.37. The van der Waals surface area contributed by atoms with Crippen molar-refractivity contribution in [2.45, 2.75) is 13.2 Å². The highest BCUT2D eigenvalue weighted by atomic mass is 79.9. The smallest absolute Gasteiger partial charge is 0.124 e. The highest BCUT2D eigenvalue weighted by Gasteiger charge is 2.00. The summed E-state index contributed by atoms with van der Waals surface area (Å²) in [5.41, 5.74) is 0.837. The molecule has 1 aromatic heterocycles. The fourth-order valence-electron chi connectivity index (χ4n) is 1.36. The van der Waals surface area contributed by atoms with Gasteiger partial charge in [-0.15, -0.1) is 11.3 Å². The fourth-order valence-corrected chi connectivity index (χ4v) is 2.51. The topological polar surface area (TPSA) is 9.23 Å². The molecule has 1 aromatic carbocycles. The van der Waals surface area contributed by atoms with E-state index in [0.717, 1.165) is 10.0 Å². The quantitative estimate of drug-likeness (QED) is 0.815. The van der Waals surface area contributed by atoms with Crippen molar-refractivity contribution in [1.82, 2.24) is 0 Å². The maximum atomic E-state index is 13.0. The molecule has 84 valence electrons. The van der Waals surface area contributed by atoms with Gasteiger partial charge in [0.05, 0.1) is 13.2 Å². The monoisotopic (exact) mass is 300 g/mol. The third-order valence-corrected chi connectivity index (χ3v) is 3.32. The van der Waals surface area contributed by atoms with Gasteiger partial charge in [0.2, 0.25) is 0 Å². The number of benzene rings is 1. The van der Waals surface area contributed by atoms with Gasteiger partial charge in [0.25, 0.3) is 0 Å². The summed E-state index contributed by atoms with van der Waals surface area (Å²) in [4.78, 5) is 1.18. The maximum Gasteiger partial charge on any atom is 0.124 e. The molecule has 4 heteroatoms. The molecule has 2 rings (SSSR count). The summed E-state index contributed by atoms with van der Waals surface area (Å²) in [6, 6.07) is 8.79. The molecule has 0 N–H and O–H groups in total. The molecule has 0 saturated carbocycles. The Morgan fingerprint density at radius 2 is 2.12 bits per heavy atom. The van der Waals surface area contributed by atoms with Crippen LogP contribution < -0.4 is 0 Å². The highest BCUT2D eigenvalue weighted by Crippen LogP contribution is 2.16. The molecular formula is C12H10BrFOS. The third-order valence-electron chi connectivity index (χ3n) is 2.02. The zero-order valence-electron chi connectivity index (χ0n) is 8.45. The molecular weight excluding hydrogens is 291 g/mol. The van der Waals surface area contributed by atoms with Crippen LogP contribution in [0.3, 0.4) is 0 Å². The van der Waals surface area contributed by atoms with E-state index in [1.807, 2.05) is 23.6 Å². The molecule has 2 aromatic rings. The zero-order valence-corrected chi connectivity index (χ0v) is 10.9. The van der Waals surface area contributed by atoms with Gasteiger partial charge in [-0.05, 0) is 35.2 Å². The normalized spacial score (nSPS) is 10.6. The first kappa shape index (κ1) is 11.8. The van der Waals surface area contributed by atoms with Gasteiger partial charge in [-0.2, -0.15) is 0 Å². The van der Waals surface area contributed by atoms with E-state index in [9.17, 15) is 4.39 Å². The Morgan fingerprint density at radius 3 is 2.81 bits per heavy atom. The van der Waals surface area contributed by atoms with Gasteiger partial charge in [0.1, 0.15) is 5.82 Å². The van der Waals surface area contributed by atoms with E-state index in [1.165, 1.54) is 17.0 Å². The number of thiophene rings is 1. The number of hydrogen-bond donors (Lipinski definition) is 0. The lowest BCUT2D eigenvalue weighted by atomic mass is 10.2. The van der Waals surface area contributed by atoms with Gasteiger partial charge in [-0.25, -0.2) is 4.39 Å². The molecule has 1 heterocycles. The Balaban J connectivity index is 1.89. The molecule has 0 aliphatic carbocycles. The average molecular weight is 301 g/mol. The second kappa shape index (κ2) is 5.57. The molecule has 0 amide bonds. The summed E-state index contributed by atoms with van der Waals surface area (Å²) in [7, 11) is 0. The van der Waals surface area contributed by atoms with Gasteiger partial charge >= 0.3 is 0 Å². The van der Waals surface area contributed by atoms with E-state index in [4.69, 9.17) is 4.74 Å². The minimum atomic E-state index is -0.246. The van der Waals surface area contributed by atoms with E-state index in [0.29, 0.717) is 13.2 Å². The first-order valence-electron chi connectivity index (χ1n) is 4.79. The van der Waals surface area contributed by atoms with Crippen LogP contribution in [0.15, 0.2) is 40.2 Å². The molecule has 0 fully saturated rings. The Labute approximate surface area is 106 Å². The SMILES string of the molecule is Fc1cc(Br)cc(COCc2cccs2)c1. The van der Waals surface area contributed by atoms with Gasteiger partial charge in [-0.3, -0.25) is 0 Å². The van der Waals surface area contributed by atoms with Crippen LogP contribution in [0.25, 0.3) is 0 Å². The zero-order chi connectivity index (χ0) is 11.4. The van der Waals surface area contributed by atoms with E-state index >= 15 is 0 Å². The van der Waals surface area contributed by atoms with Gasteiger partial charge in [-0.1, -0.05) is 22.0 Å². The minimum absolute atomic E-state index is 0.246. The summed E-state index contributed by atoms with van der Waals surface area (Å²) < 4.78 is 19.3. The van der Waals surface area contributed by atoms with Crippen molar-refractivity contribution in [2.24, 2.45) is 0 Å². The van der Waals surface area contributed by atoms with Crippen molar-refractivity contribution in [1.29, 1.82) is 0 Å². The second-order valence-corrected chi connectivity index (χ2v) is 5.30. The van der Waals surface area contributed by atoms with Crippen LogP contribution in [-0.4, -0.2) is 0 Å². The van der Waals surface area contributed by atoms with Crippen molar-refractivity contribution in [3.05, 3.63) is 56.4 Å². The number of ether oxygens (including phenoxy) is 1. The Kier molecular flexibility index (Phi) is 4.09. The molecule has 16 heavy (non-hydrogen) atoms. The Morgan fingerprint density at radius 1 is 1.25 bits per heavy atom. The maximum absolute atomic E-state index is 13.0. The second-order valence-electron chi connectivity index (χ2n) is 3.35. The molecule has 0 spiro atoms. The Hall–Kier alpha value is -0.710. The standard InChI is InChI=1S/C12H10BrFOS/c13-10-4-9(5-11(14)6-10)7-15-8-12-2-1-3-16-12/h1-6H,7-8H2. The summed E-state index contributed by atoms with van der Waals surface area (Å²) in [5.74, 6) is -0.246. The summed E-state index contributed by atoms with van der Waals surface area (Å²) in [6.45, 7) is 1.00. The van der Waals surface area contributed by atoms with Gasteiger partial charge in [0, 0.05) is 9.35 Å². The van der Waals surface area contributed by atoms with Crippen LogP contribution in [-0.2, 0) is 18.0 Å². The summed E-state index contributed by atoms with van der Waals surface area (Å²) in [5, 5.41) is 2.01. The number of hydrogen-bond acceptors (Lipinski definition) is 2. The number of halogens is 2. The molecule has 0 aliphatic rings. The highest BCUT2D eigenvalue weighted by molar-refractivity contribution is 9.10. The van der Waals surface area contributed by atoms with E-state index in [2.05, 4.69) is 15.9 Å².